The van der Waals surface area contributed by atoms with Crippen LogP contribution in [0.2, 0.25) is 5.15 Å². The topological polar surface area (TPSA) is 53.0 Å². The van der Waals surface area contributed by atoms with Gasteiger partial charge in [-0.3, -0.25) is 0 Å². The Bertz CT molecular complexity index is 379. The second kappa shape index (κ2) is 4.83. The summed E-state index contributed by atoms with van der Waals surface area (Å²) in [5, 5.41) is 11.3. The van der Waals surface area contributed by atoms with Gasteiger partial charge < -0.3 is 9.90 Å². The summed E-state index contributed by atoms with van der Waals surface area (Å²) in [6, 6.07) is 5.04. The largest absolute Gasteiger partial charge is 1.00 e. The Hall–Kier alpha value is -0.0900. The van der Waals surface area contributed by atoms with Crippen LogP contribution in [0.5, 0.6) is 0 Å². The maximum Gasteiger partial charge on any atom is 1.00 e. The van der Waals surface area contributed by atoms with Crippen molar-refractivity contribution < 1.29 is 39.5 Å². The van der Waals surface area contributed by atoms with E-state index in [2.05, 4.69) is 4.98 Å². The summed E-state index contributed by atoms with van der Waals surface area (Å²) in [5.41, 5.74) is -0.360. The van der Waals surface area contributed by atoms with E-state index in [1.54, 1.807) is 18.2 Å². The Morgan fingerprint density at radius 3 is 2.53 bits per heavy atom. The number of carbonyl (C=O) groups is 1. The molecule has 1 aliphatic carbocycles. The molecule has 0 radical (unpaired) electrons. The number of pyridine rings is 1. The van der Waals surface area contributed by atoms with E-state index in [0.717, 1.165) is 6.42 Å². The van der Waals surface area contributed by atoms with E-state index in [0.29, 0.717) is 23.7 Å². The third-order valence-electron chi connectivity index (χ3n) is 2.80. The van der Waals surface area contributed by atoms with E-state index in [1.807, 2.05) is 0 Å². The number of aliphatic carboxylic acids is 1. The number of hydrogen-bond acceptors (Lipinski definition) is 3. The normalized spacial score (nSPS) is 17.4. The van der Waals surface area contributed by atoms with Gasteiger partial charge in [0.05, 0.1) is 17.1 Å². The number of rotatable bonds is 2. The number of halogens is 1. The molecule has 1 fully saturated rings. The molecule has 1 aromatic heterocycles. The van der Waals surface area contributed by atoms with Crippen molar-refractivity contribution >= 4 is 17.6 Å². The summed E-state index contributed by atoms with van der Waals surface area (Å²) in [6.07, 6.45) is 2.10. The molecule has 1 heterocycles. The number of carboxylic acids is 1. The maximum atomic E-state index is 11.0. The zero-order valence-electron chi connectivity index (χ0n) is 8.50. The summed E-state index contributed by atoms with van der Waals surface area (Å²) in [7, 11) is 0. The quantitative estimate of drug-likeness (QED) is 0.435. The number of aromatic nitrogens is 1. The van der Waals surface area contributed by atoms with E-state index in [-0.39, 0.29) is 29.6 Å². The summed E-state index contributed by atoms with van der Waals surface area (Å²) in [6.45, 7) is 0. The molecule has 1 aliphatic rings. The third kappa shape index (κ3) is 2.21. The van der Waals surface area contributed by atoms with Crippen molar-refractivity contribution in [3.8, 4) is 0 Å². The predicted octanol–water partition coefficient (Wildman–Crippen LogP) is -2.09. The van der Waals surface area contributed by atoms with Crippen molar-refractivity contribution in [3.63, 3.8) is 0 Å². The zero-order valence-corrected chi connectivity index (χ0v) is 11.3. The minimum absolute atomic E-state index is 0. The molecule has 0 atom stereocenters. The van der Waals surface area contributed by atoms with Gasteiger partial charge in [0.1, 0.15) is 5.15 Å². The second-order valence-corrected chi connectivity index (χ2v) is 3.96. The van der Waals surface area contributed by atoms with Gasteiger partial charge in [0.2, 0.25) is 0 Å². The van der Waals surface area contributed by atoms with Crippen LogP contribution in [0.4, 0.5) is 0 Å². The molecule has 15 heavy (non-hydrogen) atoms. The van der Waals surface area contributed by atoms with Crippen LogP contribution in [0.1, 0.15) is 25.0 Å². The average molecular weight is 234 g/mol. The first kappa shape index (κ1) is 13.0. The van der Waals surface area contributed by atoms with Crippen molar-refractivity contribution in [1.82, 2.24) is 4.98 Å². The van der Waals surface area contributed by atoms with Gasteiger partial charge in [-0.1, -0.05) is 24.1 Å². The first-order valence-electron chi connectivity index (χ1n) is 4.50. The molecule has 0 bridgehead atoms. The number of carbonyl (C=O) groups excluding carboxylic acids is 1. The molecular formula is C10H9ClNNaO2. The molecule has 5 heteroatoms. The molecule has 0 unspecified atom stereocenters. The van der Waals surface area contributed by atoms with Crippen LogP contribution in [0, 0.1) is 0 Å². The number of nitrogens with zero attached hydrogens (tertiary/aromatic N) is 1. The molecule has 0 aromatic carbocycles. The van der Waals surface area contributed by atoms with Gasteiger partial charge in [-0.25, -0.2) is 4.98 Å². The third-order valence-corrected chi connectivity index (χ3v) is 3.01. The monoisotopic (exact) mass is 233 g/mol. The standard InChI is InChI=1S/C10H10ClNO2.Na/c11-8-4-1-3-7(12-8)10(9(13)14)5-2-6-10;/h1,3-4H,2,5-6H2,(H,13,14);/q;+1/p-1. The van der Waals surface area contributed by atoms with Crippen LogP contribution < -0.4 is 34.7 Å². The Labute approximate surface area is 115 Å². The van der Waals surface area contributed by atoms with Crippen molar-refractivity contribution in [2.45, 2.75) is 24.7 Å². The fraction of sp³-hybridized carbons (Fsp3) is 0.400. The minimum Gasteiger partial charge on any atom is -0.549 e. The molecule has 0 amide bonds. The molecule has 0 saturated heterocycles. The predicted molar refractivity (Wildman–Crippen MR) is 49.8 cm³/mol. The molecule has 3 nitrogen and oxygen atoms in total. The molecule has 1 aromatic rings. The average Bonchev–Trinajstić information content (AvgIpc) is 2.00. The Balaban J connectivity index is 0.00000112. The molecular weight excluding hydrogens is 225 g/mol. The smallest absolute Gasteiger partial charge is 0.549 e. The van der Waals surface area contributed by atoms with Crippen LogP contribution in [-0.4, -0.2) is 11.0 Å². The van der Waals surface area contributed by atoms with E-state index >= 15 is 0 Å². The Morgan fingerprint density at radius 2 is 2.13 bits per heavy atom. The van der Waals surface area contributed by atoms with Crippen LogP contribution in [0.15, 0.2) is 18.2 Å². The van der Waals surface area contributed by atoms with E-state index in [1.165, 1.54) is 0 Å². The van der Waals surface area contributed by atoms with Crippen LogP contribution in [0.3, 0.4) is 0 Å². The fourth-order valence-corrected chi connectivity index (χ4v) is 1.93. The first-order valence-corrected chi connectivity index (χ1v) is 4.87. The molecule has 2 rings (SSSR count). The van der Waals surface area contributed by atoms with Crippen molar-refractivity contribution in [1.29, 1.82) is 0 Å². The van der Waals surface area contributed by atoms with Gasteiger partial charge in [0.25, 0.3) is 0 Å². The van der Waals surface area contributed by atoms with Gasteiger partial charge in [-0.2, -0.15) is 0 Å². The van der Waals surface area contributed by atoms with E-state index in [4.69, 9.17) is 11.6 Å². The van der Waals surface area contributed by atoms with E-state index in [9.17, 15) is 9.90 Å². The van der Waals surface area contributed by atoms with Gasteiger partial charge in [-0.05, 0) is 25.0 Å². The second-order valence-electron chi connectivity index (χ2n) is 3.57. The number of hydrogen-bond donors (Lipinski definition) is 0. The van der Waals surface area contributed by atoms with Gasteiger partial charge >= 0.3 is 29.6 Å². The molecule has 0 N–H and O–H groups in total. The molecule has 0 aliphatic heterocycles. The number of carboxylic acid groups (broad SMARTS) is 1. The van der Waals surface area contributed by atoms with Gasteiger partial charge in [0, 0.05) is 0 Å². The summed E-state index contributed by atoms with van der Waals surface area (Å²) in [4.78, 5) is 15.1. The minimum atomic E-state index is -1.04. The summed E-state index contributed by atoms with van der Waals surface area (Å²) >= 11 is 5.71. The zero-order chi connectivity index (χ0) is 10.2. The van der Waals surface area contributed by atoms with Gasteiger partial charge in [-0.15, -0.1) is 0 Å². The fourth-order valence-electron chi connectivity index (χ4n) is 1.77. The summed E-state index contributed by atoms with van der Waals surface area (Å²) < 4.78 is 0. The van der Waals surface area contributed by atoms with Crippen molar-refractivity contribution in [3.05, 3.63) is 29.0 Å². The first-order chi connectivity index (χ1) is 6.65. The van der Waals surface area contributed by atoms with Crippen molar-refractivity contribution in [2.24, 2.45) is 0 Å². The van der Waals surface area contributed by atoms with E-state index < -0.39 is 11.4 Å². The van der Waals surface area contributed by atoms with Crippen molar-refractivity contribution in [2.75, 3.05) is 0 Å². The van der Waals surface area contributed by atoms with Crippen LogP contribution in [-0.2, 0) is 10.2 Å². The van der Waals surface area contributed by atoms with Crippen LogP contribution >= 0.6 is 11.6 Å². The molecule has 0 spiro atoms. The molecule has 1 saturated carbocycles. The van der Waals surface area contributed by atoms with Gasteiger partial charge in [0.15, 0.2) is 0 Å². The Kier molecular flexibility index (Phi) is 4.18. The Morgan fingerprint density at radius 1 is 1.47 bits per heavy atom. The summed E-state index contributed by atoms with van der Waals surface area (Å²) in [5.74, 6) is -1.04. The SMILES string of the molecule is O=C([O-])C1(c2cccc(Cl)n2)CCC1.[Na+]. The molecule has 74 valence electrons. The maximum absolute atomic E-state index is 11.0. The van der Waals surface area contributed by atoms with Crippen LogP contribution in [0.25, 0.3) is 0 Å².